The molecule has 0 aliphatic heterocycles. The Labute approximate surface area is 44.2 Å². The highest BCUT2D eigenvalue weighted by Gasteiger charge is 1.81. The Hall–Kier alpha value is -0.513. The largest absolute Gasteiger partial charge is 0.330 e. The van der Waals surface area contributed by atoms with Gasteiger partial charge in [0.15, 0.2) is 9.31 Å². The summed E-state index contributed by atoms with van der Waals surface area (Å²) < 4.78 is 0. The van der Waals surface area contributed by atoms with Gasteiger partial charge in [0.1, 0.15) is 0 Å². The molecule has 0 radical (unpaired) electrons. The molecule has 0 saturated heterocycles. The van der Waals surface area contributed by atoms with Crippen molar-refractivity contribution in [1.29, 1.82) is 0 Å². The van der Waals surface area contributed by atoms with E-state index >= 15 is 0 Å². The highest BCUT2D eigenvalue weighted by molar-refractivity contribution is 6.18. The summed E-state index contributed by atoms with van der Waals surface area (Å²) in [6.45, 7) is 3.21. The van der Waals surface area contributed by atoms with E-state index in [2.05, 4.69) is 9.64 Å². The second-order valence-electron chi connectivity index (χ2n) is 0.946. The lowest BCUT2D eigenvalue weighted by molar-refractivity contribution is -0.140. The molecule has 0 aliphatic carbocycles. The van der Waals surface area contributed by atoms with Crippen molar-refractivity contribution in [3.63, 3.8) is 0 Å². The van der Waals surface area contributed by atoms with Crippen molar-refractivity contribution in [1.82, 2.24) is 0 Å². The Morgan fingerprint density at radius 1 is 1.86 bits per heavy atom. The van der Waals surface area contributed by atoms with Gasteiger partial charge in [-0.05, 0) is 6.55 Å². The van der Waals surface area contributed by atoms with E-state index in [1.807, 2.05) is 6.55 Å². The van der Waals surface area contributed by atoms with Crippen LogP contribution in [0.15, 0.2) is 4.80 Å². The van der Waals surface area contributed by atoms with E-state index in [0.717, 1.165) is 0 Å². The van der Waals surface area contributed by atoms with E-state index < -0.39 is 0 Å². The standard InChI is InChI=1S/C3H7NO2Si/c1-3(5)6-4-7-2/h7H,1-2H3. The Bertz CT molecular complexity index is 90.9. The molecular weight excluding hydrogens is 110 g/mol. The fourth-order valence-corrected chi connectivity index (χ4v) is 0.381. The van der Waals surface area contributed by atoms with Gasteiger partial charge in [0.25, 0.3) is 0 Å². The van der Waals surface area contributed by atoms with Crippen LogP contribution in [-0.2, 0) is 9.63 Å². The molecule has 0 aromatic rings. The van der Waals surface area contributed by atoms with Crippen LogP contribution in [0.3, 0.4) is 0 Å². The molecule has 7 heavy (non-hydrogen) atoms. The predicted molar refractivity (Wildman–Crippen MR) is 27.2 cm³/mol. The van der Waals surface area contributed by atoms with Crippen molar-refractivity contribution in [3.8, 4) is 0 Å². The predicted octanol–water partition coefficient (Wildman–Crippen LogP) is 0.133. The zero-order valence-electron chi connectivity index (χ0n) is 4.34. The average Bonchev–Trinajstić information content (AvgIpc) is 1.61. The topological polar surface area (TPSA) is 38.7 Å². The molecule has 0 rings (SSSR count). The van der Waals surface area contributed by atoms with Crippen molar-refractivity contribution >= 4 is 15.3 Å². The maximum Gasteiger partial charge on any atom is 0.330 e. The summed E-state index contributed by atoms with van der Waals surface area (Å²) in [5, 5.41) is 0. The molecule has 40 valence electrons. The molecule has 4 heteroatoms. The normalized spacial score (nSPS) is 9.43. The van der Waals surface area contributed by atoms with Gasteiger partial charge >= 0.3 is 5.97 Å². The van der Waals surface area contributed by atoms with Crippen molar-refractivity contribution in [2.45, 2.75) is 13.5 Å². The summed E-state index contributed by atoms with van der Waals surface area (Å²) in [5.41, 5.74) is 0. The first-order chi connectivity index (χ1) is 3.27. The summed E-state index contributed by atoms with van der Waals surface area (Å²) >= 11 is 0. The second-order valence-corrected chi connectivity index (χ2v) is 1.67. The zero-order valence-corrected chi connectivity index (χ0v) is 5.50. The van der Waals surface area contributed by atoms with E-state index in [9.17, 15) is 4.79 Å². The van der Waals surface area contributed by atoms with Crippen LogP contribution in [0.25, 0.3) is 0 Å². The van der Waals surface area contributed by atoms with Gasteiger partial charge in [-0.3, -0.25) is 0 Å². The van der Waals surface area contributed by atoms with Crippen molar-refractivity contribution < 1.29 is 9.63 Å². The van der Waals surface area contributed by atoms with Crippen molar-refractivity contribution in [3.05, 3.63) is 0 Å². The molecule has 0 atom stereocenters. The Morgan fingerprint density at radius 2 is 2.43 bits per heavy atom. The molecule has 0 amide bonds. The minimum atomic E-state index is -0.339. The third-order valence-electron chi connectivity index (χ3n) is 0.287. The van der Waals surface area contributed by atoms with Gasteiger partial charge in [0, 0.05) is 6.92 Å². The molecule has 0 spiro atoms. The number of hydrogen-bond acceptors (Lipinski definition) is 3. The van der Waals surface area contributed by atoms with Crippen LogP contribution in [0.4, 0.5) is 0 Å². The van der Waals surface area contributed by atoms with E-state index in [4.69, 9.17) is 0 Å². The quantitative estimate of drug-likeness (QED) is 0.362. The molecule has 0 aromatic heterocycles. The summed E-state index contributed by atoms with van der Waals surface area (Å²) in [5.74, 6) is -0.339. The minimum absolute atomic E-state index is 0.0572. The van der Waals surface area contributed by atoms with Crippen molar-refractivity contribution in [2.75, 3.05) is 0 Å². The van der Waals surface area contributed by atoms with Gasteiger partial charge in [-0.2, -0.15) is 0 Å². The van der Waals surface area contributed by atoms with Crippen LogP contribution in [0.1, 0.15) is 6.92 Å². The van der Waals surface area contributed by atoms with Crippen LogP contribution in [-0.4, -0.2) is 15.3 Å². The maximum atomic E-state index is 9.90. The van der Waals surface area contributed by atoms with Gasteiger partial charge in [0.05, 0.1) is 0 Å². The van der Waals surface area contributed by atoms with Crippen LogP contribution in [0.2, 0.25) is 6.55 Å². The SMILES string of the molecule is C[SiH]=NOC(C)=O. The van der Waals surface area contributed by atoms with Crippen LogP contribution >= 0.6 is 0 Å². The van der Waals surface area contributed by atoms with E-state index in [-0.39, 0.29) is 15.3 Å². The maximum absolute atomic E-state index is 9.90. The first-order valence-corrected chi connectivity index (χ1v) is 3.60. The first-order valence-electron chi connectivity index (χ1n) is 1.93. The summed E-state index contributed by atoms with van der Waals surface area (Å²) in [7, 11) is -0.0572. The lowest BCUT2D eigenvalue weighted by Crippen LogP contribution is -1.89. The molecule has 0 fully saturated rings. The fourth-order valence-electron chi connectivity index (χ4n) is 0.127. The molecule has 0 heterocycles. The number of carbonyl (C=O) groups is 1. The molecule has 0 aliphatic rings. The number of nitrogens with zero attached hydrogens (tertiary/aromatic N) is 1. The Balaban J connectivity index is 3.14. The van der Waals surface area contributed by atoms with E-state index in [1.165, 1.54) is 6.92 Å². The summed E-state index contributed by atoms with van der Waals surface area (Å²) in [6, 6.07) is 0. The second kappa shape index (κ2) is 3.67. The van der Waals surface area contributed by atoms with Gasteiger partial charge in [-0.25, -0.2) is 4.79 Å². The third kappa shape index (κ3) is 5.49. The van der Waals surface area contributed by atoms with Gasteiger partial charge in [-0.15, -0.1) is 4.80 Å². The molecule has 0 saturated carbocycles. The minimum Gasteiger partial charge on any atom is -0.330 e. The lowest BCUT2D eigenvalue weighted by atomic mass is 10.8. The average molecular weight is 117 g/mol. The first kappa shape index (κ1) is 6.49. The highest BCUT2D eigenvalue weighted by Crippen LogP contribution is 1.71. The molecule has 0 N–H and O–H groups in total. The number of hydrogen-bond donors (Lipinski definition) is 0. The monoisotopic (exact) mass is 117 g/mol. The number of rotatable bonds is 1. The van der Waals surface area contributed by atoms with Crippen LogP contribution in [0.5, 0.6) is 0 Å². The molecular formula is C3H7NO2Si. The lowest BCUT2D eigenvalue weighted by Gasteiger charge is -1.83. The zero-order chi connectivity index (χ0) is 5.70. The molecule has 3 nitrogen and oxygen atoms in total. The third-order valence-corrected chi connectivity index (χ3v) is 0.603. The highest BCUT2D eigenvalue weighted by atomic mass is 28.2. The smallest absolute Gasteiger partial charge is 0.330 e. The molecule has 0 bridgehead atoms. The van der Waals surface area contributed by atoms with Gasteiger partial charge < -0.3 is 4.84 Å². The van der Waals surface area contributed by atoms with E-state index in [1.54, 1.807) is 0 Å². The van der Waals surface area contributed by atoms with Gasteiger partial charge in [0.2, 0.25) is 0 Å². The summed E-state index contributed by atoms with van der Waals surface area (Å²) in [4.78, 5) is 17.5. The van der Waals surface area contributed by atoms with Crippen LogP contribution in [0, 0.1) is 0 Å². The van der Waals surface area contributed by atoms with Gasteiger partial charge in [-0.1, -0.05) is 0 Å². The number of carbonyl (C=O) groups excluding carboxylic acids is 1. The summed E-state index contributed by atoms with van der Waals surface area (Å²) in [6.07, 6.45) is 0. The van der Waals surface area contributed by atoms with E-state index in [0.29, 0.717) is 0 Å². The molecule has 0 aromatic carbocycles. The van der Waals surface area contributed by atoms with Crippen LogP contribution < -0.4 is 0 Å². The fraction of sp³-hybridized carbons (Fsp3) is 0.667. The Kier molecular flexibility index (Phi) is 3.40. The molecule has 0 unspecified atom stereocenters. The van der Waals surface area contributed by atoms with Crippen molar-refractivity contribution in [2.24, 2.45) is 4.80 Å². The Morgan fingerprint density at radius 3 is 2.57 bits per heavy atom.